The Hall–Kier alpha value is -1.47. The summed E-state index contributed by atoms with van der Waals surface area (Å²) in [4.78, 5) is 11.1. The number of carbonyl (C=O) groups is 1. The Morgan fingerprint density at radius 1 is 1.61 bits per heavy atom. The maximum atomic E-state index is 11.1. The third-order valence-electron chi connectivity index (χ3n) is 2.30. The molecule has 1 atom stereocenters. The molecular weight excluding hydrogens is 236 g/mol. The van der Waals surface area contributed by atoms with E-state index in [1.165, 1.54) is 0 Å². The van der Waals surface area contributed by atoms with E-state index in [2.05, 4.69) is 15.6 Å². The molecule has 0 bridgehead atoms. The smallest absolute Gasteiger partial charge is 0.308 e. The Labute approximate surface area is 106 Å². The Kier molecular flexibility index (Phi) is 6.97. The van der Waals surface area contributed by atoms with Gasteiger partial charge in [0.2, 0.25) is 0 Å². The summed E-state index contributed by atoms with van der Waals surface area (Å²) in [5.41, 5.74) is 0. The first-order valence-corrected chi connectivity index (χ1v) is 6.11. The number of hydrogen-bond donors (Lipinski definition) is 2. The molecule has 0 aliphatic carbocycles. The van der Waals surface area contributed by atoms with Crippen molar-refractivity contribution in [3.05, 3.63) is 12.4 Å². The summed E-state index contributed by atoms with van der Waals surface area (Å²) in [6.07, 6.45) is 3.65. The first-order valence-electron chi connectivity index (χ1n) is 6.11. The van der Waals surface area contributed by atoms with Gasteiger partial charge in [-0.15, -0.1) is 5.10 Å². The predicted molar refractivity (Wildman–Crippen MR) is 64.8 cm³/mol. The lowest BCUT2D eigenvalue weighted by Crippen LogP contribution is -2.30. The van der Waals surface area contributed by atoms with Crippen LogP contribution in [0, 0.1) is 0 Å². The van der Waals surface area contributed by atoms with Gasteiger partial charge in [0.05, 0.1) is 25.3 Å². The number of aromatic nitrogens is 3. The molecule has 2 N–H and O–H groups in total. The number of nitrogens with zero attached hydrogens (tertiary/aromatic N) is 3. The highest BCUT2D eigenvalue weighted by molar-refractivity contribution is 5.69. The molecule has 1 unspecified atom stereocenters. The van der Waals surface area contributed by atoms with Gasteiger partial charge in [-0.2, -0.15) is 0 Å². The van der Waals surface area contributed by atoms with Crippen molar-refractivity contribution in [2.24, 2.45) is 0 Å². The van der Waals surface area contributed by atoms with Gasteiger partial charge in [0.25, 0.3) is 0 Å². The third kappa shape index (κ3) is 6.31. The average Bonchev–Trinajstić information content (AvgIpc) is 2.81. The Morgan fingerprint density at radius 3 is 3.11 bits per heavy atom. The summed E-state index contributed by atoms with van der Waals surface area (Å²) < 4.78 is 6.49. The average molecular weight is 256 g/mol. The third-order valence-corrected chi connectivity index (χ3v) is 2.30. The molecule has 1 heterocycles. The molecule has 1 aromatic rings. The van der Waals surface area contributed by atoms with Gasteiger partial charge in [-0.3, -0.25) is 9.48 Å². The number of rotatable bonds is 9. The fourth-order valence-electron chi connectivity index (χ4n) is 1.47. The van der Waals surface area contributed by atoms with Crippen LogP contribution in [0.25, 0.3) is 0 Å². The van der Waals surface area contributed by atoms with Crippen LogP contribution in [0.3, 0.4) is 0 Å². The normalized spacial score (nSPS) is 12.3. The molecule has 1 aromatic heterocycles. The SMILES string of the molecule is CCOC(=O)CC(O)CNCCCn1ccnn1. The van der Waals surface area contributed by atoms with Gasteiger partial charge in [0.1, 0.15) is 0 Å². The summed E-state index contributed by atoms with van der Waals surface area (Å²) >= 11 is 0. The van der Waals surface area contributed by atoms with Crippen molar-refractivity contribution in [3.63, 3.8) is 0 Å². The molecule has 7 nitrogen and oxygen atoms in total. The van der Waals surface area contributed by atoms with E-state index >= 15 is 0 Å². The molecule has 0 aliphatic rings. The van der Waals surface area contributed by atoms with Crippen molar-refractivity contribution in [2.75, 3.05) is 19.7 Å². The second-order valence-corrected chi connectivity index (χ2v) is 3.89. The first-order chi connectivity index (χ1) is 8.72. The number of ether oxygens (including phenoxy) is 1. The van der Waals surface area contributed by atoms with Gasteiger partial charge in [0.15, 0.2) is 0 Å². The second-order valence-electron chi connectivity index (χ2n) is 3.89. The fourth-order valence-corrected chi connectivity index (χ4v) is 1.47. The summed E-state index contributed by atoms with van der Waals surface area (Å²) in [5, 5.41) is 20.2. The second kappa shape index (κ2) is 8.60. The van der Waals surface area contributed by atoms with E-state index in [1.54, 1.807) is 24.0 Å². The van der Waals surface area contributed by atoms with Crippen molar-refractivity contribution in [1.82, 2.24) is 20.3 Å². The van der Waals surface area contributed by atoms with Gasteiger partial charge >= 0.3 is 5.97 Å². The fraction of sp³-hybridized carbons (Fsp3) is 0.727. The van der Waals surface area contributed by atoms with E-state index in [0.717, 1.165) is 19.5 Å². The van der Waals surface area contributed by atoms with Crippen molar-refractivity contribution < 1.29 is 14.6 Å². The number of aliphatic hydroxyl groups excluding tert-OH is 1. The molecule has 0 aliphatic heterocycles. The standard InChI is InChI=1S/C11H20N4O3/c1-2-18-11(17)8-10(16)9-12-4-3-6-15-7-5-13-14-15/h5,7,10,12,16H,2-4,6,8-9H2,1H3. The molecule has 1 rings (SSSR count). The maximum Gasteiger partial charge on any atom is 0.308 e. The zero-order chi connectivity index (χ0) is 13.2. The number of hydrogen-bond acceptors (Lipinski definition) is 6. The van der Waals surface area contributed by atoms with Crippen LogP contribution in [0.15, 0.2) is 12.4 Å². The van der Waals surface area contributed by atoms with Crippen molar-refractivity contribution in [1.29, 1.82) is 0 Å². The summed E-state index contributed by atoms with van der Waals surface area (Å²) in [6, 6.07) is 0. The molecule has 18 heavy (non-hydrogen) atoms. The molecule has 0 saturated heterocycles. The zero-order valence-electron chi connectivity index (χ0n) is 10.6. The molecule has 0 saturated carbocycles. The highest BCUT2D eigenvalue weighted by Crippen LogP contribution is 1.94. The lowest BCUT2D eigenvalue weighted by molar-refractivity contribution is -0.145. The van der Waals surface area contributed by atoms with Gasteiger partial charge in [-0.25, -0.2) is 0 Å². The van der Waals surface area contributed by atoms with E-state index in [0.29, 0.717) is 13.2 Å². The number of esters is 1. The minimum atomic E-state index is -0.699. The molecule has 0 radical (unpaired) electrons. The van der Waals surface area contributed by atoms with Gasteiger partial charge in [0, 0.05) is 19.3 Å². The van der Waals surface area contributed by atoms with E-state index in [-0.39, 0.29) is 12.4 Å². The Balaban J connectivity index is 1.98. The van der Waals surface area contributed by atoms with E-state index in [4.69, 9.17) is 4.74 Å². The van der Waals surface area contributed by atoms with Crippen LogP contribution in [0.2, 0.25) is 0 Å². The van der Waals surface area contributed by atoms with Gasteiger partial charge < -0.3 is 15.2 Å². The maximum absolute atomic E-state index is 11.1. The van der Waals surface area contributed by atoms with Crippen LogP contribution in [-0.4, -0.2) is 51.9 Å². The molecular formula is C11H20N4O3. The monoisotopic (exact) mass is 256 g/mol. The van der Waals surface area contributed by atoms with Gasteiger partial charge in [-0.1, -0.05) is 5.21 Å². The highest BCUT2D eigenvalue weighted by atomic mass is 16.5. The topological polar surface area (TPSA) is 89.3 Å². The summed E-state index contributed by atoms with van der Waals surface area (Å²) in [5.74, 6) is -0.366. The number of aliphatic hydroxyl groups is 1. The van der Waals surface area contributed by atoms with E-state index in [1.807, 2.05) is 0 Å². The number of carbonyl (C=O) groups excluding carboxylic acids is 1. The lowest BCUT2D eigenvalue weighted by atomic mass is 10.2. The minimum absolute atomic E-state index is 0.0317. The molecule has 0 fully saturated rings. The summed E-state index contributed by atoms with van der Waals surface area (Å²) in [7, 11) is 0. The van der Waals surface area contributed by atoms with Crippen molar-refractivity contribution in [3.8, 4) is 0 Å². The molecule has 102 valence electrons. The number of aryl methyl sites for hydroxylation is 1. The van der Waals surface area contributed by atoms with Crippen LogP contribution in [0.5, 0.6) is 0 Å². The van der Waals surface area contributed by atoms with E-state index < -0.39 is 6.10 Å². The Morgan fingerprint density at radius 2 is 2.44 bits per heavy atom. The van der Waals surface area contributed by atoms with E-state index in [9.17, 15) is 9.90 Å². The molecule has 0 amide bonds. The number of nitrogens with one attached hydrogen (secondary N) is 1. The Bertz CT molecular complexity index is 329. The summed E-state index contributed by atoms with van der Waals surface area (Å²) in [6.45, 7) is 4.00. The van der Waals surface area contributed by atoms with Crippen LogP contribution in [0.4, 0.5) is 0 Å². The van der Waals surface area contributed by atoms with Gasteiger partial charge in [-0.05, 0) is 19.9 Å². The molecule has 7 heteroatoms. The largest absolute Gasteiger partial charge is 0.466 e. The van der Waals surface area contributed by atoms with Crippen LogP contribution in [-0.2, 0) is 16.1 Å². The van der Waals surface area contributed by atoms with Crippen LogP contribution < -0.4 is 5.32 Å². The lowest BCUT2D eigenvalue weighted by Gasteiger charge is -2.10. The zero-order valence-corrected chi connectivity index (χ0v) is 10.6. The van der Waals surface area contributed by atoms with Crippen molar-refractivity contribution >= 4 is 5.97 Å². The first kappa shape index (κ1) is 14.6. The molecule has 0 aromatic carbocycles. The van der Waals surface area contributed by atoms with Crippen molar-refractivity contribution in [2.45, 2.75) is 32.4 Å². The predicted octanol–water partition coefficient (Wildman–Crippen LogP) is -0.428. The molecule has 0 spiro atoms. The highest BCUT2D eigenvalue weighted by Gasteiger charge is 2.10. The minimum Gasteiger partial charge on any atom is -0.466 e. The van der Waals surface area contributed by atoms with Crippen LogP contribution in [0.1, 0.15) is 19.8 Å². The quantitative estimate of drug-likeness (QED) is 0.460. The van der Waals surface area contributed by atoms with Crippen LogP contribution >= 0.6 is 0 Å².